The zero-order valence-corrected chi connectivity index (χ0v) is 12.7. The fraction of sp³-hybridized carbons (Fsp3) is 0.0625. The van der Waals surface area contributed by atoms with Gasteiger partial charge in [-0.3, -0.25) is 4.79 Å². The zero-order chi connectivity index (χ0) is 16.2. The first-order valence-corrected chi connectivity index (χ1v) is 7.57. The Bertz CT molecular complexity index is 792. The predicted octanol–water partition coefficient (Wildman–Crippen LogP) is 1.96. The maximum Gasteiger partial charge on any atom is 0.363 e. The minimum absolute atomic E-state index is 0.179. The van der Waals surface area contributed by atoms with Crippen LogP contribution in [-0.4, -0.2) is 24.4 Å². The van der Waals surface area contributed by atoms with Crippen molar-refractivity contribution in [1.29, 1.82) is 0 Å². The molecule has 0 aliphatic carbocycles. The van der Waals surface area contributed by atoms with Crippen LogP contribution in [0.4, 0.5) is 0 Å². The number of carbonyl (C=O) groups excluding carboxylic acids is 2. The van der Waals surface area contributed by atoms with Crippen molar-refractivity contribution < 1.29 is 19.1 Å². The van der Waals surface area contributed by atoms with Gasteiger partial charge in [0.05, 0.1) is 4.88 Å². The molecule has 2 N–H and O–H groups in total. The molecular formula is C16H12N2O4S. The van der Waals surface area contributed by atoms with Crippen LogP contribution in [0.2, 0.25) is 0 Å². The molecule has 6 nitrogen and oxygen atoms in total. The highest BCUT2D eigenvalue weighted by Gasteiger charge is 2.24. The maximum absolute atomic E-state index is 11.9. The van der Waals surface area contributed by atoms with Crippen LogP contribution >= 0.6 is 11.3 Å². The van der Waals surface area contributed by atoms with E-state index in [1.165, 1.54) is 11.3 Å². The van der Waals surface area contributed by atoms with Crippen LogP contribution in [0.25, 0.3) is 6.08 Å². The molecule has 0 bridgehead atoms. The van der Waals surface area contributed by atoms with Gasteiger partial charge in [-0.25, -0.2) is 9.79 Å². The van der Waals surface area contributed by atoms with E-state index in [9.17, 15) is 9.59 Å². The van der Waals surface area contributed by atoms with Gasteiger partial charge in [0.2, 0.25) is 5.90 Å². The van der Waals surface area contributed by atoms with E-state index in [-0.39, 0.29) is 12.3 Å². The van der Waals surface area contributed by atoms with E-state index in [4.69, 9.17) is 15.2 Å². The van der Waals surface area contributed by atoms with Gasteiger partial charge in [-0.2, -0.15) is 0 Å². The first kappa shape index (κ1) is 15.0. The number of rotatable bonds is 5. The Labute approximate surface area is 135 Å². The van der Waals surface area contributed by atoms with Gasteiger partial charge in [-0.05, 0) is 35.2 Å². The van der Waals surface area contributed by atoms with Crippen molar-refractivity contribution in [2.24, 2.45) is 10.7 Å². The second-order valence-electron chi connectivity index (χ2n) is 4.64. The number of amides is 1. The molecule has 0 atom stereocenters. The topological polar surface area (TPSA) is 91.0 Å². The fourth-order valence-corrected chi connectivity index (χ4v) is 2.54. The quantitative estimate of drug-likeness (QED) is 0.671. The van der Waals surface area contributed by atoms with Crippen LogP contribution in [0.5, 0.6) is 5.75 Å². The number of nitrogens with two attached hydrogens (primary N) is 1. The molecule has 23 heavy (non-hydrogen) atoms. The van der Waals surface area contributed by atoms with E-state index in [2.05, 4.69) is 4.99 Å². The third-order valence-corrected chi connectivity index (χ3v) is 3.77. The van der Waals surface area contributed by atoms with Gasteiger partial charge in [0, 0.05) is 0 Å². The summed E-state index contributed by atoms with van der Waals surface area (Å²) in [4.78, 5) is 27.5. The molecule has 1 aromatic carbocycles. The molecule has 1 amide bonds. The fourth-order valence-electron chi connectivity index (χ4n) is 1.89. The highest BCUT2D eigenvalue weighted by atomic mass is 32.1. The van der Waals surface area contributed by atoms with Crippen molar-refractivity contribution in [2.75, 3.05) is 6.61 Å². The van der Waals surface area contributed by atoms with Gasteiger partial charge in [-0.15, -0.1) is 11.3 Å². The Kier molecular flexibility index (Phi) is 4.20. The summed E-state index contributed by atoms with van der Waals surface area (Å²) < 4.78 is 10.3. The average molecular weight is 328 g/mol. The Balaban J connectivity index is 1.76. The molecule has 0 saturated heterocycles. The number of hydrogen-bond acceptors (Lipinski definition) is 6. The van der Waals surface area contributed by atoms with Gasteiger partial charge in [0.1, 0.15) is 5.75 Å². The number of primary amides is 1. The van der Waals surface area contributed by atoms with Gasteiger partial charge in [0.25, 0.3) is 5.91 Å². The van der Waals surface area contributed by atoms with Crippen LogP contribution in [0.15, 0.2) is 52.5 Å². The molecule has 0 fully saturated rings. The summed E-state index contributed by atoms with van der Waals surface area (Å²) in [6.07, 6.45) is 1.63. The molecule has 0 radical (unpaired) electrons. The zero-order valence-electron chi connectivity index (χ0n) is 11.9. The van der Waals surface area contributed by atoms with E-state index in [0.717, 1.165) is 10.4 Å². The van der Waals surface area contributed by atoms with E-state index in [1.807, 2.05) is 17.5 Å². The molecule has 7 heteroatoms. The molecule has 0 spiro atoms. The molecule has 1 aliphatic rings. The molecule has 2 aromatic rings. The number of cyclic esters (lactones) is 1. The lowest BCUT2D eigenvalue weighted by molar-refractivity contribution is -0.130. The predicted molar refractivity (Wildman–Crippen MR) is 86.1 cm³/mol. The Morgan fingerprint density at radius 1 is 1.30 bits per heavy atom. The number of hydrogen-bond donors (Lipinski definition) is 1. The third-order valence-electron chi connectivity index (χ3n) is 2.92. The van der Waals surface area contributed by atoms with Crippen LogP contribution < -0.4 is 10.5 Å². The molecule has 116 valence electrons. The van der Waals surface area contributed by atoms with E-state index in [1.54, 1.807) is 30.3 Å². The minimum Gasteiger partial charge on any atom is -0.484 e. The van der Waals surface area contributed by atoms with Crippen molar-refractivity contribution >= 4 is 35.2 Å². The summed E-state index contributed by atoms with van der Waals surface area (Å²) in [7, 11) is 0. The third kappa shape index (κ3) is 3.64. The summed E-state index contributed by atoms with van der Waals surface area (Å²) in [5.41, 5.74) is 6.01. The highest BCUT2D eigenvalue weighted by molar-refractivity contribution is 7.12. The van der Waals surface area contributed by atoms with Crippen LogP contribution in [0.1, 0.15) is 10.4 Å². The van der Waals surface area contributed by atoms with Crippen LogP contribution in [0.3, 0.4) is 0 Å². The monoisotopic (exact) mass is 328 g/mol. The van der Waals surface area contributed by atoms with Gasteiger partial charge < -0.3 is 15.2 Å². The minimum atomic E-state index is -0.541. The Hall–Kier alpha value is -2.93. The summed E-state index contributed by atoms with van der Waals surface area (Å²) >= 11 is 1.45. The standard InChI is InChI=1S/C16H12N2O4S/c17-14(19)9-21-11-5-3-10(4-6-11)8-12-16(20)22-15(18-12)13-2-1-7-23-13/h1-8H,9H2,(H2,17,19)/b12-8+. The van der Waals surface area contributed by atoms with E-state index < -0.39 is 11.9 Å². The SMILES string of the molecule is NC(=O)COc1ccc(/C=C2/N=C(c3cccs3)OC2=O)cc1. The Morgan fingerprint density at radius 3 is 2.74 bits per heavy atom. The maximum atomic E-state index is 11.9. The van der Waals surface area contributed by atoms with Crippen molar-refractivity contribution in [2.45, 2.75) is 0 Å². The van der Waals surface area contributed by atoms with Crippen LogP contribution in [0, 0.1) is 0 Å². The van der Waals surface area contributed by atoms with Gasteiger partial charge in [-0.1, -0.05) is 18.2 Å². The van der Waals surface area contributed by atoms with Crippen molar-refractivity contribution in [1.82, 2.24) is 0 Å². The number of aliphatic imine (C=N–C) groups is 1. The number of ether oxygens (including phenoxy) is 2. The molecule has 1 aliphatic heterocycles. The summed E-state index contributed by atoms with van der Waals surface area (Å²) in [6, 6.07) is 10.6. The number of benzene rings is 1. The number of carbonyl (C=O) groups is 2. The lowest BCUT2D eigenvalue weighted by Gasteiger charge is -2.03. The molecular weight excluding hydrogens is 316 g/mol. The second kappa shape index (κ2) is 6.45. The van der Waals surface area contributed by atoms with E-state index >= 15 is 0 Å². The summed E-state index contributed by atoms with van der Waals surface area (Å²) in [6.45, 7) is -0.179. The molecule has 2 heterocycles. The summed E-state index contributed by atoms with van der Waals surface area (Å²) in [5, 5.41) is 1.89. The molecule has 3 rings (SSSR count). The number of nitrogens with zero attached hydrogens (tertiary/aromatic N) is 1. The van der Waals surface area contributed by atoms with Gasteiger partial charge in [0.15, 0.2) is 12.3 Å². The van der Waals surface area contributed by atoms with Crippen molar-refractivity contribution in [3.8, 4) is 5.75 Å². The molecule has 1 aromatic heterocycles. The van der Waals surface area contributed by atoms with Gasteiger partial charge >= 0.3 is 5.97 Å². The first-order valence-electron chi connectivity index (χ1n) is 6.69. The second-order valence-corrected chi connectivity index (χ2v) is 5.59. The van der Waals surface area contributed by atoms with E-state index in [0.29, 0.717) is 11.6 Å². The smallest absolute Gasteiger partial charge is 0.363 e. The Morgan fingerprint density at radius 2 is 2.09 bits per heavy atom. The first-order chi connectivity index (χ1) is 11.1. The number of esters is 1. The van der Waals surface area contributed by atoms with Crippen molar-refractivity contribution in [3.05, 3.63) is 57.9 Å². The lowest BCUT2D eigenvalue weighted by Crippen LogP contribution is -2.19. The van der Waals surface area contributed by atoms with Crippen molar-refractivity contribution in [3.63, 3.8) is 0 Å². The lowest BCUT2D eigenvalue weighted by atomic mass is 10.2. The molecule has 0 unspecified atom stereocenters. The number of thiophene rings is 1. The summed E-state index contributed by atoms with van der Waals surface area (Å²) in [5.74, 6) is -0.191. The average Bonchev–Trinajstić information content (AvgIpc) is 3.17. The molecule has 0 saturated carbocycles. The largest absolute Gasteiger partial charge is 0.484 e. The normalized spacial score (nSPS) is 15.4. The van der Waals surface area contributed by atoms with Crippen LogP contribution in [-0.2, 0) is 14.3 Å². The highest BCUT2D eigenvalue weighted by Crippen LogP contribution is 2.22.